The monoisotopic (exact) mass is 310 g/mol. The van der Waals surface area contributed by atoms with E-state index in [1.54, 1.807) is 35.4 Å². The van der Waals surface area contributed by atoms with Gasteiger partial charge in [-0.3, -0.25) is 14.5 Å². The number of amides is 1. The Morgan fingerprint density at radius 2 is 2.04 bits per heavy atom. The molecule has 2 heterocycles. The normalized spacial score (nSPS) is 10.5. The van der Waals surface area contributed by atoms with Crippen LogP contribution in [-0.2, 0) is 13.6 Å². The van der Waals surface area contributed by atoms with Gasteiger partial charge >= 0.3 is 0 Å². The molecular weight excluding hydrogens is 295 g/mol. The molecule has 0 unspecified atom stereocenters. The van der Waals surface area contributed by atoms with Crippen LogP contribution >= 0.6 is 0 Å². The van der Waals surface area contributed by atoms with Gasteiger partial charge in [-0.25, -0.2) is 4.39 Å². The highest BCUT2D eigenvalue weighted by Crippen LogP contribution is 2.18. The van der Waals surface area contributed by atoms with Crippen molar-refractivity contribution in [2.24, 2.45) is 7.05 Å². The van der Waals surface area contributed by atoms with Crippen LogP contribution in [0.25, 0.3) is 11.1 Å². The standard InChI is InChI=1S/C17H15FN4O/c1-22-11-14(10-21-22)13-6-12(7-19-9-13)8-20-17(23)15-4-2-3-5-16(15)18/h2-7,9-11H,8H2,1H3,(H,20,23). The van der Waals surface area contributed by atoms with Gasteiger partial charge in [-0.2, -0.15) is 5.10 Å². The van der Waals surface area contributed by atoms with E-state index in [0.29, 0.717) is 0 Å². The SMILES string of the molecule is Cn1cc(-c2cncc(CNC(=O)c3ccccc3F)c2)cn1. The van der Waals surface area contributed by atoms with E-state index < -0.39 is 11.7 Å². The van der Waals surface area contributed by atoms with Gasteiger partial charge in [-0.05, 0) is 23.8 Å². The third-order valence-corrected chi connectivity index (χ3v) is 3.40. The minimum atomic E-state index is -0.535. The zero-order chi connectivity index (χ0) is 16.2. The topological polar surface area (TPSA) is 59.8 Å². The van der Waals surface area contributed by atoms with Gasteiger partial charge in [0.15, 0.2) is 0 Å². The van der Waals surface area contributed by atoms with Crippen molar-refractivity contribution < 1.29 is 9.18 Å². The summed E-state index contributed by atoms with van der Waals surface area (Å²) in [5, 5.41) is 6.82. The van der Waals surface area contributed by atoms with Crippen LogP contribution in [0.3, 0.4) is 0 Å². The first kappa shape index (κ1) is 14.9. The van der Waals surface area contributed by atoms with Crippen LogP contribution in [0.4, 0.5) is 4.39 Å². The summed E-state index contributed by atoms with van der Waals surface area (Å²) in [6, 6.07) is 7.82. The molecule has 1 aromatic carbocycles. The Labute approximate surface area is 132 Å². The predicted molar refractivity (Wildman–Crippen MR) is 84.0 cm³/mol. The highest BCUT2D eigenvalue weighted by molar-refractivity contribution is 5.94. The molecule has 0 spiro atoms. The van der Waals surface area contributed by atoms with Crippen molar-refractivity contribution in [3.8, 4) is 11.1 Å². The van der Waals surface area contributed by atoms with Crippen molar-refractivity contribution in [1.29, 1.82) is 0 Å². The number of carbonyl (C=O) groups excluding carboxylic acids is 1. The number of hydrogen-bond donors (Lipinski definition) is 1. The molecule has 23 heavy (non-hydrogen) atoms. The number of halogens is 1. The van der Waals surface area contributed by atoms with Crippen molar-refractivity contribution in [2.75, 3.05) is 0 Å². The number of nitrogens with zero attached hydrogens (tertiary/aromatic N) is 3. The lowest BCUT2D eigenvalue weighted by Gasteiger charge is -2.07. The Morgan fingerprint density at radius 1 is 1.22 bits per heavy atom. The van der Waals surface area contributed by atoms with E-state index in [1.807, 2.05) is 19.3 Å². The second-order valence-electron chi connectivity index (χ2n) is 5.15. The molecular formula is C17H15FN4O. The van der Waals surface area contributed by atoms with Crippen LogP contribution in [0.15, 0.2) is 55.1 Å². The lowest BCUT2D eigenvalue weighted by molar-refractivity contribution is 0.0947. The first-order valence-corrected chi connectivity index (χ1v) is 7.09. The molecule has 0 fully saturated rings. The fourth-order valence-electron chi connectivity index (χ4n) is 2.24. The van der Waals surface area contributed by atoms with Gasteiger partial charge in [0.05, 0.1) is 11.8 Å². The Hall–Kier alpha value is -3.02. The summed E-state index contributed by atoms with van der Waals surface area (Å²) in [7, 11) is 1.84. The molecule has 1 amide bonds. The number of rotatable bonds is 4. The van der Waals surface area contributed by atoms with Crippen molar-refractivity contribution in [2.45, 2.75) is 6.54 Å². The Morgan fingerprint density at radius 3 is 2.78 bits per heavy atom. The van der Waals surface area contributed by atoms with Crippen molar-refractivity contribution in [3.05, 3.63) is 72.1 Å². The number of nitrogens with one attached hydrogen (secondary N) is 1. The maximum atomic E-state index is 13.6. The molecule has 5 nitrogen and oxygen atoms in total. The summed E-state index contributed by atoms with van der Waals surface area (Å²) in [6.45, 7) is 0.272. The quantitative estimate of drug-likeness (QED) is 0.805. The van der Waals surface area contributed by atoms with Gasteiger partial charge < -0.3 is 5.32 Å². The lowest BCUT2D eigenvalue weighted by atomic mass is 10.1. The fraction of sp³-hybridized carbons (Fsp3) is 0.118. The summed E-state index contributed by atoms with van der Waals surface area (Å²) < 4.78 is 15.3. The van der Waals surface area contributed by atoms with Gasteiger partial charge in [0.25, 0.3) is 5.91 Å². The number of aromatic nitrogens is 3. The highest BCUT2D eigenvalue weighted by atomic mass is 19.1. The third-order valence-electron chi connectivity index (χ3n) is 3.40. The zero-order valence-corrected chi connectivity index (χ0v) is 12.5. The third kappa shape index (κ3) is 3.42. The molecule has 0 aliphatic heterocycles. The molecule has 1 N–H and O–H groups in total. The van der Waals surface area contributed by atoms with E-state index in [2.05, 4.69) is 15.4 Å². The minimum absolute atomic E-state index is 0.0314. The van der Waals surface area contributed by atoms with Crippen molar-refractivity contribution in [3.63, 3.8) is 0 Å². The van der Waals surface area contributed by atoms with Crippen LogP contribution in [0, 0.1) is 5.82 Å². The number of pyridine rings is 1. The van der Waals surface area contributed by atoms with E-state index in [0.717, 1.165) is 16.7 Å². The van der Waals surface area contributed by atoms with Gasteiger partial charge in [0.1, 0.15) is 5.82 Å². The summed E-state index contributed by atoms with van der Waals surface area (Å²) in [5.41, 5.74) is 2.72. The molecule has 116 valence electrons. The summed E-state index contributed by atoms with van der Waals surface area (Å²) in [5.74, 6) is -0.984. The van der Waals surface area contributed by atoms with E-state index in [-0.39, 0.29) is 12.1 Å². The maximum absolute atomic E-state index is 13.6. The molecule has 0 aliphatic carbocycles. The van der Waals surface area contributed by atoms with Crippen LogP contribution < -0.4 is 5.32 Å². The summed E-state index contributed by atoms with van der Waals surface area (Å²) >= 11 is 0. The molecule has 0 saturated carbocycles. The van der Waals surface area contributed by atoms with Crippen LogP contribution in [-0.4, -0.2) is 20.7 Å². The smallest absolute Gasteiger partial charge is 0.254 e. The van der Waals surface area contributed by atoms with Gasteiger partial charge in [0, 0.05) is 43.3 Å². The van der Waals surface area contributed by atoms with Crippen LogP contribution in [0.1, 0.15) is 15.9 Å². The van der Waals surface area contributed by atoms with E-state index in [1.165, 1.54) is 12.1 Å². The highest BCUT2D eigenvalue weighted by Gasteiger charge is 2.10. The molecule has 3 rings (SSSR count). The minimum Gasteiger partial charge on any atom is -0.348 e. The van der Waals surface area contributed by atoms with Gasteiger partial charge in [-0.1, -0.05) is 12.1 Å². The zero-order valence-electron chi connectivity index (χ0n) is 12.5. The molecule has 0 radical (unpaired) electrons. The Kier molecular flexibility index (Phi) is 4.14. The van der Waals surface area contributed by atoms with Crippen LogP contribution in [0.2, 0.25) is 0 Å². The van der Waals surface area contributed by atoms with E-state index in [4.69, 9.17) is 0 Å². The van der Waals surface area contributed by atoms with E-state index >= 15 is 0 Å². The number of hydrogen-bond acceptors (Lipinski definition) is 3. The molecule has 2 aromatic heterocycles. The van der Waals surface area contributed by atoms with E-state index in [9.17, 15) is 9.18 Å². The molecule has 6 heteroatoms. The molecule has 0 bridgehead atoms. The van der Waals surface area contributed by atoms with Crippen molar-refractivity contribution >= 4 is 5.91 Å². The van der Waals surface area contributed by atoms with Crippen molar-refractivity contribution in [1.82, 2.24) is 20.1 Å². The fourth-order valence-corrected chi connectivity index (χ4v) is 2.24. The first-order valence-electron chi connectivity index (χ1n) is 7.09. The first-order chi connectivity index (χ1) is 11.1. The number of carbonyl (C=O) groups is 1. The Bertz CT molecular complexity index is 844. The second kappa shape index (κ2) is 6.39. The van der Waals surface area contributed by atoms with Gasteiger partial charge in [-0.15, -0.1) is 0 Å². The number of aryl methyl sites for hydroxylation is 1. The summed E-state index contributed by atoms with van der Waals surface area (Å²) in [4.78, 5) is 16.2. The lowest BCUT2D eigenvalue weighted by Crippen LogP contribution is -2.23. The molecule has 0 atom stereocenters. The average molecular weight is 310 g/mol. The Balaban J connectivity index is 1.71. The van der Waals surface area contributed by atoms with Crippen LogP contribution in [0.5, 0.6) is 0 Å². The second-order valence-corrected chi connectivity index (χ2v) is 5.15. The molecule has 3 aromatic rings. The van der Waals surface area contributed by atoms with Gasteiger partial charge in [0.2, 0.25) is 0 Å². The molecule has 0 aliphatic rings. The maximum Gasteiger partial charge on any atom is 0.254 e. The largest absolute Gasteiger partial charge is 0.348 e. The summed E-state index contributed by atoms with van der Waals surface area (Å²) in [6.07, 6.45) is 7.04. The molecule has 0 saturated heterocycles. The average Bonchev–Trinajstić information content (AvgIpc) is 3.00. The predicted octanol–water partition coefficient (Wildman–Crippen LogP) is 2.55. The number of benzene rings is 1.